The average Bonchev–Trinajstić information content (AvgIpc) is 3.04. The topological polar surface area (TPSA) is 76.7 Å². The smallest absolute Gasteiger partial charge is 0.231 e. The van der Waals surface area contributed by atoms with Crippen LogP contribution in [-0.2, 0) is 6.42 Å². The third kappa shape index (κ3) is 4.15. The van der Waals surface area contributed by atoms with E-state index in [0.717, 1.165) is 23.5 Å². The van der Waals surface area contributed by atoms with Crippen molar-refractivity contribution in [2.24, 2.45) is 0 Å². The van der Waals surface area contributed by atoms with Crippen LogP contribution in [0.4, 0.5) is 10.1 Å². The Morgan fingerprint density at radius 2 is 2.04 bits per heavy atom. The first-order valence-electron chi connectivity index (χ1n) is 7.98. The first kappa shape index (κ1) is 17.8. The molecular weight excluding hydrogens is 347 g/mol. The van der Waals surface area contributed by atoms with Crippen molar-refractivity contribution in [1.29, 1.82) is 0 Å². The van der Waals surface area contributed by atoms with E-state index in [0.29, 0.717) is 5.56 Å². The van der Waals surface area contributed by atoms with E-state index in [1.54, 1.807) is 0 Å². The summed E-state index contributed by atoms with van der Waals surface area (Å²) in [5.74, 6) is 0.869. The Balaban J connectivity index is 1.56. The van der Waals surface area contributed by atoms with E-state index >= 15 is 0 Å². The Kier molecular flexibility index (Phi) is 5.32. The lowest BCUT2D eigenvalue weighted by Gasteiger charge is -2.18. The molecule has 1 aliphatic rings. The largest absolute Gasteiger partial charge is 0.454 e. The van der Waals surface area contributed by atoms with Gasteiger partial charge in [0.25, 0.3) is 0 Å². The summed E-state index contributed by atoms with van der Waals surface area (Å²) in [6.45, 7) is 2.53. The molecule has 2 aromatic rings. The Labute approximate surface area is 150 Å². The van der Waals surface area contributed by atoms with Crippen LogP contribution in [-0.4, -0.2) is 24.5 Å². The van der Waals surface area contributed by atoms with Crippen LogP contribution >= 0.6 is 11.6 Å². The van der Waals surface area contributed by atoms with Crippen molar-refractivity contribution in [3.8, 4) is 11.5 Å². The molecule has 0 saturated heterocycles. The van der Waals surface area contributed by atoms with Crippen molar-refractivity contribution in [2.75, 3.05) is 19.1 Å². The number of nitrogens with two attached hydrogens (primary N) is 1. The molecule has 2 atom stereocenters. The number of aliphatic hydroxyl groups is 1. The molecule has 0 radical (unpaired) electrons. The van der Waals surface area contributed by atoms with Gasteiger partial charge in [-0.05, 0) is 48.7 Å². The summed E-state index contributed by atoms with van der Waals surface area (Å²) >= 11 is 5.86. The molecule has 7 heteroatoms. The van der Waals surface area contributed by atoms with Crippen LogP contribution in [0.5, 0.6) is 11.5 Å². The predicted molar refractivity (Wildman–Crippen MR) is 94.5 cm³/mol. The Morgan fingerprint density at radius 1 is 1.28 bits per heavy atom. The number of nitrogens with one attached hydrogen (secondary N) is 1. The fraction of sp³-hybridized carbons (Fsp3) is 0.333. The summed E-state index contributed by atoms with van der Waals surface area (Å²) in [7, 11) is 0. The predicted octanol–water partition coefficient (Wildman–Crippen LogP) is 3.04. The average molecular weight is 367 g/mol. The molecule has 134 valence electrons. The monoisotopic (exact) mass is 366 g/mol. The van der Waals surface area contributed by atoms with Crippen molar-refractivity contribution in [1.82, 2.24) is 5.32 Å². The third-order valence-electron chi connectivity index (χ3n) is 4.12. The minimum absolute atomic E-state index is 0.0995. The van der Waals surface area contributed by atoms with Gasteiger partial charge in [-0.15, -0.1) is 0 Å². The highest BCUT2D eigenvalue weighted by Crippen LogP contribution is 2.32. The maximum absolute atomic E-state index is 13.6. The molecule has 1 aliphatic heterocycles. The fourth-order valence-electron chi connectivity index (χ4n) is 2.72. The van der Waals surface area contributed by atoms with E-state index < -0.39 is 11.9 Å². The van der Waals surface area contributed by atoms with Crippen LogP contribution < -0.4 is 20.5 Å². The molecule has 0 aromatic heterocycles. The van der Waals surface area contributed by atoms with Crippen LogP contribution in [0.3, 0.4) is 0 Å². The SMILES string of the molecule is CC(Cc1ccc2c(c1)OCO2)NCC(O)c1cc(F)c(N)c(Cl)c1. The van der Waals surface area contributed by atoms with Crippen molar-refractivity contribution in [3.05, 3.63) is 52.3 Å². The van der Waals surface area contributed by atoms with E-state index in [2.05, 4.69) is 5.32 Å². The number of ether oxygens (including phenoxy) is 2. The molecule has 1 heterocycles. The molecule has 2 aromatic carbocycles. The highest BCUT2D eigenvalue weighted by Gasteiger charge is 2.16. The number of aliphatic hydroxyl groups excluding tert-OH is 1. The van der Waals surface area contributed by atoms with Gasteiger partial charge in [0.05, 0.1) is 16.8 Å². The van der Waals surface area contributed by atoms with E-state index in [1.165, 1.54) is 12.1 Å². The van der Waals surface area contributed by atoms with Gasteiger partial charge in [0.15, 0.2) is 11.5 Å². The molecule has 4 N–H and O–H groups in total. The van der Waals surface area contributed by atoms with Gasteiger partial charge in [-0.1, -0.05) is 17.7 Å². The third-order valence-corrected chi connectivity index (χ3v) is 4.44. The lowest BCUT2D eigenvalue weighted by atomic mass is 10.0. The van der Waals surface area contributed by atoms with Crippen molar-refractivity contribution in [3.63, 3.8) is 0 Å². The minimum atomic E-state index is -0.883. The highest BCUT2D eigenvalue weighted by atomic mass is 35.5. The highest BCUT2D eigenvalue weighted by molar-refractivity contribution is 6.33. The van der Waals surface area contributed by atoms with Crippen LogP contribution in [0.2, 0.25) is 5.02 Å². The van der Waals surface area contributed by atoms with Crippen LogP contribution in [0, 0.1) is 5.82 Å². The van der Waals surface area contributed by atoms with Crippen LogP contribution in [0.25, 0.3) is 0 Å². The second kappa shape index (κ2) is 7.47. The summed E-state index contributed by atoms with van der Waals surface area (Å²) in [5, 5.41) is 13.6. The second-order valence-electron chi connectivity index (χ2n) is 6.12. The van der Waals surface area contributed by atoms with Crippen molar-refractivity contribution in [2.45, 2.75) is 25.5 Å². The molecule has 5 nitrogen and oxygen atoms in total. The maximum Gasteiger partial charge on any atom is 0.231 e. The summed E-state index contributed by atoms with van der Waals surface area (Å²) in [6.07, 6.45) is -0.132. The Hall–Kier alpha value is -2.02. The van der Waals surface area contributed by atoms with Gasteiger partial charge in [-0.25, -0.2) is 4.39 Å². The van der Waals surface area contributed by atoms with Gasteiger partial charge in [0.2, 0.25) is 6.79 Å². The van der Waals surface area contributed by atoms with E-state index in [4.69, 9.17) is 26.8 Å². The lowest BCUT2D eigenvalue weighted by molar-refractivity contribution is 0.170. The summed E-state index contributed by atoms with van der Waals surface area (Å²) < 4.78 is 24.3. The number of hydrogen-bond acceptors (Lipinski definition) is 5. The minimum Gasteiger partial charge on any atom is -0.454 e. The number of rotatable bonds is 6. The zero-order valence-corrected chi connectivity index (χ0v) is 14.5. The van der Waals surface area contributed by atoms with Gasteiger partial charge in [0.1, 0.15) is 5.82 Å². The maximum atomic E-state index is 13.6. The standard InChI is InChI=1S/C18H20ClFN2O3/c1-10(4-11-2-3-16-17(5-11)25-9-24-16)22-8-15(23)12-6-13(19)18(21)14(20)7-12/h2-3,5-7,10,15,22-23H,4,8-9,21H2,1H3. The Morgan fingerprint density at radius 3 is 2.80 bits per heavy atom. The second-order valence-corrected chi connectivity index (χ2v) is 6.52. The normalized spacial score (nSPS) is 15.2. The number of anilines is 1. The van der Waals surface area contributed by atoms with Gasteiger partial charge in [-0.3, -0.25) is 0 Å². The molecular formula is C18H20ClFN2O3. The zero-order valence-electron chi connectivity index (χ0n) is 13.8. The van der Waals surface area contributed by atoms with Crippen molar-refractivity contribution < 1.29 is 19.0 Å². The number of nitrogen functional groups attached to an aromatic ring is 1. The number of halogens is 2. The van der Waals surface area contributed by atoms with Crippen LogP contribution in [0.1, 0.15) is 24.2 Å². The molecule has 0 saturated carbocycles. The summed E-state index contributed by atoms with van der Waals surface area (Å²) in [4.78, 5) is 0. The number of hydrogen-bond donors (Lipinski definition) is 3. The number of fused-ring (bicyclic) bond motifs is 1. The molecule has 0 amide bonds. The van der Waals surface area contributed by atoms with Gasteiger partial charge in [-0.2, -0.15) is 0 Å². The molecule has 0 fully saturated rings. The molecule has 0 bridgehead atoms. The van der Waals surface area contributed by atoms with E-state index in [-0.39, 0.29) is 30.1 Å². The fourth-order valence-corrected chi connectivity index (χ4v) is 2.94. The molecule has 2 unspecified atom stereocenters. The first-order chi connectivity index (χ1) is 11.9. The molecule has 0 spiro atoms. The molecule has 25 heavy (non-hydrogen) atoms. The first-order valence-corrected chi connectivity index (χ1v) is 8.36. The lowest BCUT2D eigenvalue weighted by Crippen LogP contribution is -2.32. The van der Waals surface area contributed by atoms with Gasteiger partial charge < -0.3 is 25.6 Å². The summed E-state index contributed by atoms with van der Waals surface area (Å²) in [6, 6.07) is 8.61. The summed E-state index contributed by atoms with van der Waals surface area (Å²) in [5.41, 5.74) is 6.85. The van der Waals surface area contributed by atoms with E-state index in [1.807, 2.05) is 25.1 Å². The number of benzene rings is 2. The van der Waals surface area contributed by atoms with Crippen LogP contribution in [0.15, 0.2) is 30.3 Å². The molecule has 3 rings (SSSR count). The van der Waals surface area contributed by atoms with Gasteiger partial charge in [0, 0.05) is 12.6 Å². The van der Waals surface area contributed by atoms with E-state index in [9.17, 15) is 9.50 Å². The van der Waals surface area contributed by atoms with Crippen molar-refractivity contribution >= 4 is 17.3 Å². The Bertz CT molecular complexity index is 749. The van der Waals surface area contributed by atoms with Gasteiger partial charge >= 0.3 is 0 Å². The zero-order chi connectivity index (χ0) is 18.0. The quantitative estimate of drug-likeness (QED) is 0.685. The molecule has 0 aliphatic carbocycles.